The summed E-state index contributed by atoms with van der Waals surface area (Å²) in [7, 11) is 1.62. The van der Waals surface area contributed by atoms with E-state index in [1.807, 2.05) is 6.20 Å². The van der Waals surface area contributed by atoms with Gasteiger partial charge in [0.05, 0.1) is 7.11 Å². The summed E-state index contributed by atoms with van der Waals surface area (Å²) < 4.78 is 18.8. The van der Waals surface area contributed by atoms with E-state index in [1.165, 1.54) is 10.9 Å². The van der Waals surface area contributed by atoms with E-state index < -0.39 is 0 Å². The molecular formula is C16H22ClFN4OS. The van der Waals surface area contributed by atoms with Crippen molar-refractivity contribution in [3.05, 3.63) is 40.7 Å². The molecular weight excluding hydrogens is 351 g/mol. The van der Waals surface area contributed by atoms with Crippen LogP contribution in [0.15, 0.2) is 24.4 Å². The van der Waals surface area contributed by atoms with Crippen molar-refractivity contribution in [2.75, 3.05) is 39.0 Å². The van der Waals surface area contributed by atoms with Crippen molar-refractivity contribution in [1.82, 2.24) is 14.8 Å². The van der Waals surface area contributed by atoms with Crippen LogP contribution in [0.5, 0.6) is 5.75 Å². The number of nitrogen functional groups attached to an aromatic ring is 1. The molecule has 0 atom stereocenters. The second kappa shape index (κ2) is 8.62. The highest BCUT2D eigenvalue weighted by Crippen LogP contribution is 2.22. The van der Waals surface area contributed by atoms with Crippen LogP contribution in [0.2, 0.25) is 0 Å². The highest BCUT2D eigenvalue weighted by atomic mass is 35.5. The van der Waals surface area contributed by atoms with E-state index in [0.717, 1.165) is 44.0 Å². The van der Waals surface area contributed by atoms with Gasteiger partial charge in [0.2, 0.25) is 0 Å². The number of halogens is 2. The standard InChI is InChI=1S/C16H21FN4OS.ClH/c1-22-15-3-2-13(17)8-12(15)10-20-4-6-21(7-5-20)11-14-9-19-16(18)23-14;/h2-3,8-9H,4-7,10-11H2,1H3,(H2,18,19);1H. The number of piperazine rings is 1. The van der Waals surface area contributed by atoms with E-state index in [9.17, 15) is 4.39 Å². The third-order valence-electron chi connectivity index (χ3n) is 4.05. The van der Waals surface area contributed by atoms with Crippen LogP contribution in [0.25, 0.3) is 0 Å². The average Bonchev–Trinajstić information content (AvgIpc) is 2.95. The summed E-state index contributed by atoms with van der Waals surface area (Å²) in [6.45, 7) is 5.47. The lowest BCUT2D eigenvalue weighted by atomic mass is 10.1. The number of aromatic nitrogens is 1. The summed E-state index contributed by atoms with van der Waals surface area (Å²) in [5, 5.41) is 0.622. The van der Waals surface area contributed by atoms with Crippen LogP contribution in [0.3, 0.4) is 0 Å². The van der Waals surface area contributed by atoms with Gasteiger partial charge in [-0.2, -0.15) is 0 Å². The quantitative estimate of drug-likeness (QED) is 0.874. The molecule has 0 amide bonds. The van der Waals surface area contributed by atoms with E-state index in [0.29, 0.717) is 11.7 Å². The molecule has 0 saturated carbocycles. The van der Waals surface area contributed by atoms with Crippen molar-refractivity contribution in [2.24, 2.45) is 0 Å². The molecule has 1 aromatic carbocycles. The fourth-order valence-corrected chi connectivity index (χ4v) is 3.56. The molecule has 1 fully saturated rings. The Hall–Kier alpha value is -1.41. The summed E-state index contributed by atoms with van der Waals surface area (Å²) >= 11 is 1.54. The van der Waals surface area contributed by atoms with E-state index in [-0.39, 0.29) is 18.2 Å². The maximum absolute atomic E-state index is 13.4. The van der Waals surface area contributed by atoms with E-state index in [2.05, 4.69) is 14.8 Å². The molecule has 5 nitrogen and oxygen atoms in total. The number of thiazole rings is 1. The first kappa shape index (κ1) is 18.9. The number of rotatable bonds is 5. The average molecular weight is 373 g/mol. The Bertz CT molecular complexity index is 661. The lowest BCUT2D eigenvalue weighted by Gasteiger charge is -2.34. The second-order valence-corrected chi connectivity index (χ2v) is 6.82. The molecule has 0 unspecified atom stereocenters. The van der Waals surface area contributed by atoms with E-state index in [4.69, 9.17) is 10.5 Å². The molecule has 132 valence electrons. The van der Waals surface area contributed by atoms with Gasteiger partial charge in [0.15, 0.2) is 5.13 Å². The number of nitrogens with zero attached hydrogens (tertiary/aromatic N) is 3. The van der Waals surface area contributed by atoms with Crippen LogP contribution in [-0.4, -0.2) is 48.1 Å². The molecule has 0 spiro atoms. The van der Waals surface area contributed by atoms with Gasteiger partial charge in [0.25, 0.3) is 0 Å². The van der Waals surface area contributed by atoms with Gasteiger partial charge in [-0.25, -0.2) is 9.37 Å². The Kier molecular flexibility index (Phi) is 6.79. The van der Waals surface area contributed by atoms with E-state index in [1.54, 1.807) is 30.6 Å². The van der Waals surface area contributed by atoms with Crippen LogP contribution in [0, 0.1) is 5.82 Å². The van der Waals surface area contributed by atoms with Crippen molar-refractivity contribution in [3.63, 3.8) is 0 Å². The van der Waals surface area contributed by atoms with Gasteiger partial charge >= 0.3 is 0 Å². The maximum Gasteiger partial charge on any atom is 0.180 e. The Morgan fingerprint density at radius 1 is 1.21 bits per heavy atom. The molecule has 1 aliphatic rings. The lowest BCUT2D eigenvalue weighted by Crippen LogP contribution is -2.45. The van der Waals surface area contributed by atoms with Gasteiger partial charge in [0.1, 0.15) is 11.6 Å². The highest BCUT2D eigenvalue weighted by molar-refractivity contribution is 7.15. The largest absolute Gasteiger partial charge is 0.496 e. The van der Waals surface area contributed by atoms with Gasteiger partial charge in [-0.3, -0.25) is 9.80 Å². The van der Waals surface area contributed by atoms with Crippen molar-refractivity contribution >= 4 is 28.9 Å². The number of hydrogen-bond donors (Lipinski definition) is 1. The fourth-order valence-electron chi connectivity index (χ4n) is 2.83. The number of hydrogen-bond acceptors (Lipinski definition) is 6. The van der Waals surface area contributed by atoms with Gasteiger partial charge < -0.3 is 10.5 Å². The predicted molar refractivity (Wildman–Crippen MR) is 97.3 cm³/mol. The summed E-state index contributed by atoms with van der Waals surface area (Å²) in [5.41, 5.74) is 6.57. The van der Waals surface area contributed by atoms with Gasteiger partial charge in [-0.05, 0) is 18.2 Å². The zero-order chi connectivity index (χ0) is 16.2. The third kappa shape index (κ3) is 4.80. The third-order valence-corrected chi connectivity index (χ3v) is 4.86. The van der Waals surface area contributed by atoms with Crippen molar-refractivity contribution in [3.8, 4) is 5.75 Å². The Balaban J connectivity index is 0.00000208. The fraction of sp³-hybridized carbons (Fsp3) is 0.438. The Morgan fingerprint density at radius 2 is 1.88 bits per heavy atom. The van der Waals surface area contributed by atoms with Gasteiger partial charge in [-0.15, -0.1) is 23.7 Å². The first-order valence-corrected chi connectivity index (χ1v) is 8.43. The Labute approximate surface area is 151 Å². The minimum atomic E-state index is -0.220. The molecule has 1 aromatic heterocycles. The van der Waals surface area contributed by atoms with Crippen molar-refractivity contribution in [1.29, 1.82) is 0 Å². The molecule has 24 heavy (non-hydrogen) atoms. The molecule has 0 radical (unpaired) electrons. The van der Waals surface area contributed by atoms with Gasteiger partial charge in [0, 0.05) is 55.9 Å². The monoisotopic (exact) mass is 372 g/mol. The molecule has 8 heteroatoms. The van der Waals surface area contributed by atoms with Crippen LogP contribution in [-0.2, 0) is 13.1 Å². The summed E-state index contributed by atoms with van der Waals surface area (Å²) in [6.07, 6.45) is 1.85. The van der Waals surface area contributed by atoms with Crippen molar-refractivity contribution < 1.29 is 9.13 Å². The topological polar surface area (TPSA) is 54.6 Å². The summed E-state index contributed by atoms with van der Waals surface area (Å²) in [5.74, 6) is 0.524. The number of nitrogens with two attached hydrogens (primary N) is 1. The normalized spacial score (nSPS) is 15.9. The summed E-state index contributed by atoms with van der Waals surface area (Å²) in [6, 6.07) is 4.68. The number of methoxy groups -OCH3 is 1. The van der Waals surface area contributed by atoms with Crippen LogP contribution < -0.4 is 10.5 Å². The maximum atomic E-state index is 13.4. The number of ether oxygens (including phenoxy) is 1. The minimum Gasteiger partial charge on any atom is -0.496 e. The SMILES string of the molecule is COc1ccc(F)cc1CN1CCN(Cc2cnc(N)s2)CC1.Cl. The zero-order valence-electron chi connectivity index (χ0n) is 13.6. The van der Waals surface area contributed by atoms with Crippen LogP contribution in [0.1, 0.15) is 10.4 Å². The first-order valence-electron chi connectivity index (χ1n) is 7.61. The molecule has 2 heterocycles. The predicted octanol–water partition coefficient (Wildman–Crippen LogP) is 2.61. The molecule has 0 bridgehead atoms. The highest BCUT2D eigenvalue weighted by Gasteiger charge is 2.19. The molecule has 0 aliphatic carbocycles. The number of anilines is 1. The summed E-state index contributed by atoms with van der Waals surface area (Å²) in [4.78, 5) is 10.0. The van der Waals surface area contributed by atoms with Crippen LogP contribution >= 0.6 is 23.7 Å². The zero-order valence-corrected chi connectivity index (χ0v) is 15.2. The van der Waals surface area contributed by atoms with E-state index >= 15 is 0 Å². The first-order chi connectivity index (χ1) is 11.1. The Morgan fingerprint density at radius 3 is 2.46 bits per heavy atom. The lowest BCUT2D eigenvalue weighted by molar-refractivity contribution is 0.122. The minimum absolute atomic E-state index is 0. The molecule has 2 aromatic rings. The van der Waals surface area contributed by atoms with Crippen molar-refractivity contribution in [2.45, 2.75) is 13.1 Å². The molecule has 1 saturated heterocycles. The number of benzene rings is 1. The smallest absolute Gasteiger partial charge is 0.180 e. The molecule has 2 N–H and O–H groups in total. The van der Waals surface area contributed by atoms with Gasteiger partial charge in [-0.1, -0.05) is 0 Å². The molecule has 3 rings (SSSR count). The second-order valence-electron chi connectivity index (χ2n) is 5.67. The molecule has 1 aliphatic heterocycles. The van der Waals surface area contributed by atoms with Crippen LogP contribution in [0.4, 0.5) is 9.52 Å².